The molecule has 6 heteroatoms. The molecule has 0 saturated carbocycles. The summed E-state index contributed by atoms with van der Waals surface area (Å²) in [5, 5.41) is 0. The molecule has 0 aliphatic carbocycles. The fourth-order valence-electron chi connectivity index (χ4n) is 6.13. The van der Waals surface area contributed by atoms with Crippen LogP contribution in [0.25, 0.3) is 0 Å². The third-order valence-corrected chi connectivity index (χ3v) is 7.45. The largest absolute Gasteiger partial charge is 0.472 e. The Morgan fingerprint density at radius 2 is 1.76 bits per heavy atom. The van der Waals surface area contributed by atoms with E-state index >= 15 is 0 Å². The van der Waals surface area contributed by atoms with E-state index in [1.54, 1.807) is 6.26 Å². The van der Waals surface area contributed by atoms with Gasteiger partial charge in [0.1, 0.15) is 0 Å². The quantitative estimate of drug-likeness (QED) is 0.794. The van der Waals surface area contributed by atoms with Gasteiger partial charge in [0.15, 0.2) is 0 Å². The third-order valence-electron chi connectivity index (χ3n) is 7.45. The topological polar surface area (TPSA) is 50.9 Å². The molecule has 0 unspecified atom stereocenters. The van der Waals surface area contributed by atoms with E-state index < -0.39 is 0 Å². The molecule has 0 spiro atoms. The number of ether oxygens (including phenoxy) is 1. The van der Waals surface area contributed by atoms with Crippen molar-refractivity contribution in [1.29, 1.82) is 0 Å². The van der Waals surface area contributed by atoms with Crippen LogP contribution in [0.2, 0.25) is 0 Å². The van der Waals surface area contributed by atoms with E-state index in [1.165, 1.54) is 17.7 Å². The minimum absolute atomic E-state index is 0.244. The van der Waals surface area contributed by atoms with Crippen LogP contribution in [0.5, 0.6) is 0 Å². The molecule has 2 aromatic heterocycles. The first-order valence-corrected chi connectivity index (χ1v) is 11.0. The predicted molar refractivity (Wildman–Crippen MR) is 109 cm³/mol. The smallest absolute Gasteiger partial charge is 0.255 e. The van der Waals surface area contributed by atoms with Gasteiger partial charge in [-0.1, -0.05) is 6.07 Å². The molecular formula is C23H29N3O3. The lowest BCUT2D eigenvalue weighted by molar-refractivity contribution is 0.114. The van der Waals surface area contributed by atoms with Crippen molar-refractivity contribution in [3.05, 3.63) is 57.9 Å². The molecule has 4 aliphatic rings. The number of piperidine rings is 1. The lowest BCUT2D eigenvalue weighted by Crippen LogP contribution is -2.47. The Morgan fingerprint density at radius 3 is 2.55 bits per heavy atom. The first-order chi connectivity index (χ1) is 14.2. The summed E-state index contributed by atoms with van der Waals surface area (Å²) in [6.07, 6.45) is 4.79. The summed E-state index contributed by atoms with van der Waals surface area (Å²) in [4.78, 5) is 18.3. The Labute approximate surface area is 171 Å². The molecule has 2 bridgehead atoms. The molecule has 2 aromatic rings. The second-order valence-electron chi connectivity index (χ2n) is 9.58. The summed E-state index contributed by atoms with van der Waals surface area (Å²) in [6.45, 7) is 8.59. The fraction of sp³-hybridized carbons (Fsp3) is 0.609. The predicted octanol–water partition coefficient (Wildman–Crippen LogP) is 2.14. The van der Waals surface area contributed by atoms with Crippen molar-refractivity contribution in [2.75, 3.05) is 39.4 Å². The molecule has 0 aromatic carbocycles. The molecule has 154 valence electrons. The van der Waals surface area contributed by atoms with E-state index in [9.17, 15) is 4.79 Å². The SMILES string of the molecule is O=c1c(CN2C[C@H]3COC[C@H]3C2)ccc2n1C[C@H]1C[C@@H]2CN(Cc2ccoc2)C1. The zero-order chi connectivity index (χ0) is 19.4. The molecule has 0 N–H and O–H groups in total. The second kappa shape index (κ2) is 7.11. The van der Waals surface area contributed by atoms with Crippen LogP contribution in [0.15, 0.2) is 39.9 Å². The van der Waals surface area contributed by atoms with Crippen LogP contribution in [0, 0.1) is 17.8 Å². The number of fused-ring (bicyclic) bond motifs is 5. The van der Waals surface area contributed by atoms with Crippen molar-refractivity contribution in [3.63, 3.8) is 0 Å². The van der Waals surface area contributed by atoms with Crippen LogP contribution in [0.4, 0.5) is 0 Å². The molecule has 6 nitrogen and oxygen atoms in total. The van der Waals surface area contributed by atoms with Crippen molar-refractivity contribution in [2.45, 2.75) is 32.0 Å². The Kier molecular flexibility index (Phi) is 4.40. The normalized spacial score (nSPS) is 31.7. The van der Waals surface area contributed by atoms with Crippen molar-refractivity contribution < 1.29 is 9.15 Å². The summed E-state index contributed by atoms with van der Waals surface area (Å²) in [6, 6.07) is 6.39. The summed E-state index contributed by atoms with van der Waals surface area (Å²) in [7, 11) is 0. The van der Waals surface area contributed by atoms with Gasteiger partial charge in [0.25, 0.3) is 5.56 Å². The monoisotopic (exact) mass is 395 g/mol. The fourth-order valence-corrected chi connectivity index (χ4v) is 6.13. The van der Waals surface area contributed by atoms with Crippen molar-refractivity contribution in [1.82, 2.24) is 14.4 Å². The number of hydrogen-bond donors (Lipinski definition) is 0. The molecule has 6 heterocycles. The van der Waals surface area contributed by atoms with Gasteiger partial charge in [-0.15, -0.1) is 0 Å². The Bertz CT molecular complexity index is 925. The first-order valence-electron chi connectivity index (χ1n) is 11.0. The van der Waals surface area contributed by atoms with E-state index in [0.29, 0.717) is 23.7 Å². The van der Waals surface area contributed by atoms with Crippen molar-refractivity contribution >= 4 is 0 Å². The lowest BCUT2D eigenvalue weighted by atomic mass is 9.83. The average Bonchev–Trinajstić information content (AvgIpc) is 3.42. The molecule has 0 amide bonds. The molecule has 29 heavy (non-hydrogen) atoms. The van der Waals surface area contributed by atoms with Gasteiger partial charge in [0.05, 0.1) is 25.7 Å². The molecule has 6 rings (SSSR count). The summed E-state index contributed by atoms with van der Waals surface area (Å²) >= 11 is 0. The highest BCUT2D eigenvalue weighted by Crippen LogP contribution is 2.36. The number of hydrogen-bond acceptors (Lipinski definition) is 5. The van der Waals surface area contributed by atoms with E-state index in [-0.39, 0.29) is 5.56 Å². The number of aromatic nitrogens is 1. The van der Waals surface area contributed by atoms with Gasteiger partial charge in [-0.05, 0) is 24.5 Å². The van der Waals surface area contributed by atoms with Gasteiger partial charge in [0.2, 0.25) is 0 Å². The number of pyridine rings is 1. The summed E-state index contributed by atoms with van der Waals surface area (Å²) < 4.78 is 12.9. The average molecular weight is 396 g/mol. The number of rotatable bonds is 4. The minimum atomic E-state index is 0.244. The minimum Gasteiger partial charge on any atom is -0.472 e. The zero-order valence-corrected chi connectivity index (χ0v) is 16.8. The highest BCUT2D eigenvalue weighted by molar-refractivity contribution is 5.23. The Morgan fingerprint density at radius 1 is 0.931 bits per heavy atom. The van der Waals surface area contributed by atoms with Crippen LogP contribution in [0.3, 0.4) is 0 Å². The van der Waals surface area contributed by atoms with Gasteiger partial charge in [-0.2, -0.15) is 0 Å². The van der Waals surface area contributed by atoms with Crippen molar-refractivity contribution in [2.24, 2.45) is 17.8 Å². The van der Waals surface area contributed by atoms with Gasteiger partial charge >= 0.3 is 0 Å². The standard InChI is InChI=1S/C23H29N3O3/c27-23-18(9-25-11-20-14-29-15-21(20)12-25)1-2-22-19-5-17(8-26(22)23)7-24(10-19)6-16-3-4-28-13-16/h1-4,13,17,19-21H,5-12,14-15H2/t17-,19+,20-,21+/m0/s1. The van der Waals surface area contributed by atoms with Crippen molar-refractivity contribution in [3.8, 4) is 0 Å². The molecular weight excluding hydrogens is 366 g/mol. The number of furan rings is 1. The second-order valence-corrected chi connectivity index (χ2v) is 9.58. The maximum Gasteiger partial charge on any atom is 0.255 e. The summed E-state index contributed by atoms with van der Waals surface area (Å²) in [5.74, 6) is 2.34. The van der Waals surface area contributed by atoms with E-state index in [1.807, 2.05) is 12.3 Å². The third kappa shape index (κ3) is 3.27. The maximum atomic E-state index is 13.3. The van der Waals surface area contributed by atoms with Crippen LogP contribution in [-0.2, 0) is 24.4 Å². The lowest BCUT2D eigenvalue weighted by Gasteiger charge is -2.43. The molecule has 3 saturated heterocycles. The first kappa shape index (κ1) is 17.9. The van der Waals surface area contributed by atoms with Gasteiger partial charge in [-0.3, -0.25) is 14.6 Å². The van der Waals surface area contributed by atoms with Crippen LogP contribution in [0.1, 0.15) is 29.2 Å². The molecule has 4 atom stereocenters. The van der Waals surface area contributed by atoms with Gasteiger partial charge in [0, 0.05) is 80.4 Å². The number of nitrogens with zero attached hydrogens (tertiary/aromatic N) is 3. The van der Waals surface area contributed by atoms with Gasteiger partial charge in [-0.25, -0.2) is 0 Å². The highest BCUT2D eigenvalue weighted by atomic mass is 16.5. The van der Waals surface area contributed by atoms with Crippen LogP contribution < -0.4 is 5.56 Å². The van der Waals surface area contributed by atoms with Crippen LogP contribution in [-0.4, -0.2) is 53.8 Å². The van der Waals surface area contributed by atoms with E-state index in [2.05, 4.69) is 26.5 Å². The highest BCUT2D eigenvalue weighted by Gasteiger charge is 2.38. The summed E-state index contributed by atoms with van der Waals surface area (Å²) in [5.41, 5.74) is 3.68. The molecule has 0 radical (unpaired) electrons. The van der Waals surface area contributed by atoms with Crippen LogP contribution >= 0.6 is 0 Å². The van der Waals surface area contributed by atoms with Gasteiger partial charge < -0.3 is 13.7 Å². The van der Waals surface area contributed by atoms with E-state index in [0.717, 1.165) is 64.6 Å². The molecule has 4 aliphatic heterocycles. The zero-order valence-electron chi connectivity index (χ0n) is 16.8. The maximum absolute atomic E-state index is 13.3. The molecule has 3 fully saturated rings. The Hall–Kier alpha value is -1.89. The number of likely N-dealkylation sites (tertiary alicyclic amines) is 2. The van der Waals surface area contributed by atoms with E-state index in [4.69, 9.17) is 9.15 Å². The Balaban J connectivity index is 1.20.